The fourth-order valence-corrected chi connectivity index (χ4v) is 3.40. The van der Waals surface area contributed by atoms with Gasteiger partial charge in [0.1, 0.15) is 11.4 Å². The third kappa shape index (κ3) is 6.49. The van der Waals surface area contributed by atoms with Gasteiger partial charge in [0.05, 0.1) is 11.9 Å². The van der Waals surface area contributed by atoms with E-state index in [0.717, 1.165) is 0 Å². The SMILES string of the molecule is CC(C)(C)OC(=O)CS(=O)(=O)CCC(O)c1ccsc1. The van der Waals surface area contributed by atoms with E-state index in [0.29, 0.717) is 5.56 Å². The minimum Gasteiger partial charge on any atom is -0.459 e. The van der Waals surface area contributed by atoms with Crippen LogP contribution in [0.1, 0.15) is 38.9 Å². The van der Waals surface area contributed by atoms with Gasteiger partial charge in [-0.1, -0.05) is 0 Å². The molecule has 1 aromatic rings. The molecule has 1 rings (SSSR count). The molecule has 1 heterocycles. The van der Waals surface area contributed by atoms with Crippen molar-refractivity contribution in [2.75, 3.05) is 11.5 Å². The van der Waals surface area contributed by atoms with Crippen molar-refractivity contribution in [2.45, 2.75) is 38.9 Å². The zero-order valence-corrected chi connectivity index (χ0v) is 13.5. The summed E-state index contributed by atoms with van der Waals surface area (Å²) in [6.45, 7) is 5.04. The molecular formula is C13H20O5S2. The van der Waals surface area contributed by atoms with Crippen molar-refractivity contribution >= 4 is 27.1 Å². The summed E-state index contributed by atoms with van der Waals surface area (Å²) in [4.78, 5) is 11.5. The summed E-state index contributed by atoms with van der Waals surface area (Å²) in [7, 11) is -3.57. The van der Waals surface area contributed by atoms with E-state index in [-0.39, 0.29) is 12.2 Å². The highest BCUT2D eigenvalue weighted by Gasteiger charge is 2.23. The van der Waals surface area contributed by atoms with Crippen LogP contribution in [0, 0.1) is 0 Å². The minimum absolute atomic E-state index is 0.0713. The second-order valence-electron chi connectivity index (χ2n) is 5.54. The highest BCUT2D eigenvalue weighted by atomic mass is 32.2. The molecule has 1 aromatic heterocycles. The molecule has 20 heavy (non-hydrogen) atoms. The van der Waals surface area contributed by atoms with Crippen LogP contribution in [0.25, 0.3) is 0 Å². The van der Waals surface area contributed by atoms with Crippen LogP contribution in [0.15, 0.2) is 16.8 Å². The predicted octanol–water partition coefficient (Wildman–Crippen LogP) is 1.93. The van der Waals surface area contributed by atoms with E-state index < -0.39 is 33.3 Å². The van der Waals surface area contributed by atoms with Crippen LogP contribution >= 0.6 is 11.3 Å². The van der Waals surface area contributed by atoms with Crippen LogP contribution in [0.2, 0.25) is 0 Å². The van der Waals surface area contributed by atoms with Gasteiger partial charge in [-0.2, -0.15) is 11.3 Å². The van der Waals surface area contributed by atoms with Crippen LogP contribution in [0.5, 0.6) is 0 Å². The Hall–Kier alpha value is -0.920. The number of sulfone groups is 1. The quantitative estimate of drug-likeness (QED) is 0.810. The van der Waals surface area contributed by atoms with Gasteiger partial charge < -0.3 is 9.84 Å². The number of carbonyl (C=O) groups excluding carboxylic acids is 1. The molecular weight excluding hydrogens is 300 g/mol. The molecule has 0 amide bonds. The molecule has 0 spiro atoms. The predicted molar refractivity (Wildman–Crippen MR) is 78.4 cm³/mol. The lowest BCUT2D eigenvalue weighted by molar-refractivity contribution is -0.151. The van der Waals surface area contributed by atoms with Gasteiger partial charge in [-0.05, 0) is 49.6 Å². The van der Waals surface area contributed by atoms with E-state index in [9.17, 15) is 18.3 Å². The van der Waals surface area contributed by atoms with E-state index in [1.165, 1.54) is 11.3 Å². The van der Waals surface area contributed by atoms with E-state index in [1.807, 2.05) is 5.38 Å². The Morgan fingerprint density at radius 3 is 2.60 bits per heavy atom. The number of rotatable bonds is 6. The third-order valence-corrected chi connectivity index (χ3v) is 4.62. The average molecular weight is 320 g/mol. The molecule has 0 aliphatic carbocycles. The maximum absolute atomic E-state index is 11.8. The van der Waals surface area contributed by atoms with Gasteiger partial charge in [0.15, 0.2) is 9.84 Å². The van der Waals surface area contributed by atoms with E-state index in [2.05, 4.69) is 0 Å². The Bertz CT molecular complexity index is 526. The first-order valence-electron chi connectivity index (χ1n) is 6.21. The second kappa shape index (κ2) is 6.69. The third-order valence-electron chi connectivity index (χ3n) is 2.39. The van der Waals surface area contributed by atoms with E-state index in [1.54, 1.807) is 32.2 Å². The van der Waals surface area contributed by atoms with E-state index in [4.69, 9.17) is 4.74 Å². The monoisotopic (exact) mass is 320 g/mol. The Morgan fingerprint density at radius 1 is 1.45 bits per heavy atom. The summed E-state index contributed by atoms with van der Waals surface area (Å²) in [5.41, 5.74) is -0.00883. The maximum atomic E-state index is 11.8. The first kappa shape index (κ1) is 17.1. The lowest BCUT2D eigenvalue weighted by Gasteiger charge is -2.19. The molecule has 0 saturated carbocycles. The molecule has 1 unspecified atom stereocenters. The molecule has 1 atom stereocenters. The minimum atomic E-state index is -3.57. The van der Waals surface area contributed by atoms with Crippen LogP contribution < -0.4 is 0 Å². The number of aliphatic hydroxyl groups is 1. The largest absolute Gasteiger partial charge is 0.459 e. The zero-order chi connectivity index (χ0) is 15.4. The highest BCUT2D eigenvalue weighted by Crippen LogP contribution is 2.20. The normalized spacial score (nSPS) is 14.0. The van der Waals surface area contributed by atoms with E-state index >= 15 is 0 Å². The number of aliphatic hydroxyl groups excluding tert-OH is 1. The number of hydrogen-bond donors (Lipinski definition) is 1. The van der Waals surface area contributed by atoms with Crippen molar-refractivity contribution in [3.8, 4) is 0 Å². The summed E-state index contributed by atoms with van der Waals surface area (Å²) >= 11 is 1.43. The van der Waals surface area contributed by atoms with Crippen molar-refractivity contribution < 1.29 is 23.1 Å². The first-order valence-corrected chi connectivity index (χ1v) is 8.98. The molecule has 1 N–H and O–H groups in total. The Labute approximate surface area is 123 Å². The molecule has 0 bridgehead atoms. The zero-order valence-electron chi connectivity index (χ0n) is 11.8. The number of carbonyl (C=O) groups is 1. The van der Waals surface area contributed by atoms with Crippen LogP contribution in [-0.4, -0.2) is 36.6 Å². The molecule has 5 nitrogen and oxygen atoms in total. The fourth-order valence-electron chi connectivity index (χ4n) is 1.55. The van der Waals surface area contributed by atoms with Gasteiger partial charge in [-0.15, -0.1) is 0 Å². The van der Waals surface area contributed by atoms with Crippen molar-refractivity contribution in [1.29, 1.82) is 0 Å². The summed E-state index contributed by atoms with van der Waals surface area (Å²) in [6, 6.07) is 1.75. The summed E-state index contributed by atoms with van der Waals surface area (Å²) < 4.78 is 28.6. The molecule has 114 valence electrons. The van der Waals surface area contributed by atoms with Gasteiger partial charge >= 0.3 is 5.97 Å². The number of esters is 1. The molecule has 0 saturated heterocycles. The van der Waals surface area contributed by atoms with Crippen molar-refractivity contribution in [3.05, 3.63) is 22.4 Å². The number of ether oxygens (including phenoxy) is 1. The van der Waals surface area contributed by atoms with Crippen molar-refractivity contribution in [3.63, 3.8) is 0 Å². The first-order chi connectivity index (χ1) is 9.09. The Morgan fingerprint density at radius 2 is 2.10 bits per heavy atom. The summed E-state index contributed by atoms with van der Waals surface area (Å²) in [6.07, 6.45) is -0.753. The lowest BCUT2D eigenvalue weighted by Crippen LogP contribution is -2.29. The number of thiophene rings is 1. The number of hydrogen-bond acceptors (Lipinski definition) is 6. The smallest absolute Gasteiger partial charge is 0.321 e. The van der Waals surface area contributed by atoms with Crippen molar-refractivity contribution in [2.24, 2.45) is 0 Å². The standard InChI is InChI=1S/C13H20O5S2/c1-13(2,3)18-12(15)9-20(16,17)7-5-11(14)10-4-6-19-8-10/h4,6,8,11,14H,5,7,9H2,1-3H3. The summed E-state index contributed by atoms with van der Waals surface area (Å²) in [5, 5.41) is 13.4. The fraction of sp³-hybridized carbons (Fsp3) is 0.615. The Kier molecular flexibility index (Phi) is 5.73. The molecule has 0 aromatic carbocycles. The van der Waals surface area contributed by atoms with Crippen LogP contribution in [0.3, 0.4) is 0 Å². The topological polar surface area (TPSA) is 80.7 Å². The van der Waals surface area contributed by atoms with Gasteiger partial charge in [-0.3, -0.25) is 4.79 Å². The summed E-state index contributed by atoms with van der Waals surface area (Å²) in [5.74, 6) is -1.66. The maximum Gasteiger partial charge on any atom is 0.321 e. The molecule has 0 aliphatic heterocycles. The molecule has 0 aliphatic rings. The van der Waals surface area contributed by atoms with Crippen molar-refractivity contribution in [1.82, 2.24) is 0 Å². The second-order valence-corrected chi connectivity index (χ2v) is 8.50. The molecule has 7 heteroatoms. The lowest BCUT2D eigenvalue weighted by atomic mass is 10.1. The Balaban J connectivity index is 2.48. The average Bonchev–Trinajstić information content (AvgIpc) is 2.75. The van der Waals surface area contributed by atoms with Gasteiger partial charge in [0.25, 0.3) is 0 Å². The van der Waals surface area contributed by atoms with Gasteiger partial charge in [0, 0.05) is 0 Å². The van der Waals surface area contributed by atoms with Crippen LogP contribution in [0.4, 0.5) is 0 Å². The molecule has 0 fully saturated rings. The highest BCUT2D eigenvalue weighted by molar-refractivity contribution is 7.92. The molecule has 0 radical (unpaired) electrons. The van der Waals surface area contributed by atoms with Crippen LogP contribution in [-0.2, 0) is 19.4 Å². The van der Waals surface area contributed by atoms with Gasteiger partial charge in [-0.25, -0.2) is 8.42 Å². The van der Waals surface area contributed by atoms with Gasteiger partial charge in [0.2, 0.25) is 0 Å².